The number of esters is 1. The Balaban J connectivity index is 1.66. The maximum atomic E-state index is 13.0. The topological polar surface area (TPSA) is 111 Å². The zero-order valence-electron chi connectivity index (χ0n) is 18.4. The van der Waals surface area contributed by atoms with Crippen molar-refractivity contribution in [2.75, 3.05) is 33.4 Å². The molecule has 32 heavy (non-hydrogen) atoms. The van der Waals surface area contributed by atoms with E-state index in [1.807, 2.05) is 0 Å². The van der Waals surface area contributed by atoms with E-state index in [0.29, 0.717) is 18.8 Å². The number of methoxy groups -OCH3 is 1. The molecule has 0 spiro atoms. The molecule has 0 bridgehead atoms. The first-order valence-corrected chi connectivity index (χ1v) is 12.2. The largest absolute Gasteiger partial charge is 0.495 e. The van der Waals surface area contributed by atoms with Crippen LogP contribution in [0.1, 0.15) is 38.2 Å². The third-order valence-corrected chi connectivity index (χ3v) is 7.47. The van der Waals surface area contributed by atoms with E-state index in [0.717, 1.165) is 25.7 Å². The van der Waals surface area contributed by atoms with Crippen LogP contribution >= 0.6 is 0 Å². The van der Waals surface area contributed by atoms with Crippen LogP contribution in [0.25, 0.3) is 6.08 Å². The summed E-state index contributed by atoms with van der Waals surface area (Å²) in [5, 5.41) is 2.89. The van der Waals surface area contributed by atoms with Crippen molar-refractivity contribution >= 4 is 28.0 Å². The summed E-state index contributed by atoms with van der Waals surface area (Å²) in [6, 6.07) is 4.77. The van der Waals surface area contributed by atoms with Gasteiger partial charge < -0.3 is 19.5 Å². The molecule has 1 N–H and O–H groups in total. The van der Waals surface area contributed by atoms with Gasteiger partial charge in [0.2, 0.25) is 10.0 Å². The summed E-state index contributed by atoms with van der Waals surface area (Å²) in [6.45, 7) is 2.72. The molecule has 1 aromatic carbocycles. The van der Waals surface area contributed by atoms with Gasteiger partial charge in [-0.3, -0.25) is 4.79 Å². The number of carbonyl (C=O) groups excluding carboxylic acids is 2. The molecule has 1 saturated heterocycles. The van der Waals surface area contributed by atoms with Crippen LogP contribution in [0.4, 0.5) is 0 Å². The van der Waals surface area contributed by atoms with Gasteiger partial charge in [0.25, 0.3) is 5.91 Å². The lowest BCUT2D eigenvalue weighted by Gasteiger charge is -2.26. The molecule has 1 atom stereocenters. The van der Waals surface area contributed by atoms with E-state index in [4.69, 9.17) is 14.2 Å². The normalized spacial score (nSPS) is 19.1. The maximum absolute atomic E-state index is 13.0. The van der Waals surface area contributed by atoms with Crippen LogP contribution in [0.5, 0.6) is 5.75 Å². The van der Waals surface area contributed by atoms with Crippen LogP contribution in [0.15, 0.2) is 29.2 Å². The quantitative estimate of drug-likeness (QED) is 0.459. The summed E-state index contributed by atoms with van der Waals surface area (Å²) in [7, 11) is -2.38. The highest BCUT2D eigenvalue weighted by atomic mass is 32.2. The lowest BCUT2D eigenvalue weighted by molar-refractivity contribution is -0.150. The third kappa shape index (κ3) is 6.08. The molecule has 1 aromatic rings. The molecule has 1 aliphatic carbocycles. The Bertz CT molecular complexity index is 949. The number of amides is 1. The van der Waals surface area contributed by atoms with Crippen LogP contribution in [-0.4, -0.2) is 70.2 Å². The fraction of sp³-hybridized carbons (Fsp3) is 0.545. The number of nitrogens with zero attached hydrogens (tertiary/aromatic N) is 1. The molecule has 2 fully saturated rings. The van der Waals surface area contributed by atoms with E-state index < -0.39 is 22.1 Å². The SMILES string of the molecule is COc1ccc(/C=C/C(=O)OC(C)C(=O)NC2CCCC2)cc1S(=O)(=O)N1CCOCC1. The van der Waals surface area contributed by atoms with Crippen molar-refractivity contribution in [3.63, 3.8) is 0 Å². The van der Waals surface area contributed by atoms with Crippen molar-refractivity contribution in [1.29, 1.82) is 0 Å². The Labute approximate surface area is 188 Å². The van der Waals surface area contributed by atoms with Crippen LogP contribution in [-0.2, 0) is 29.1 Å². The Morgan fingerprint density at radius 1 is 1.22 bits per heavy atom. The summed E-state index contributed by atoms with van der Waals surface area (Å²) in [6.07, 6.45) is 5.77. The highest BCUT2D eigenvalue weighted by Crippen LogP contribution is 2.29. The molecular formula is C22H30N2O7S. The van der Waals surface area contributed by atoms with E-state index in [9.17, 15) is 18.0 Å². The highest BCUT2D eigenvalue weighted by Gasteiger charge is 2.29. The predicted octanol–water partition coefficient (Wildman–Crippen LogP) is 1.72. The number of ether oxygens (including phenoxy) is 3. The summed E-state index contributed by atoms with van der Waals surface area (Å²) in [5.74, 6) is -0.789. The number of carbonyl (C=O) groups is 2. The van der Waals surface area contributed by atoms with Gasteiger partial charge >= 0.3 is 5.97 Å². The van der Waals surface area contributed by atoms with Crippen molar-refractivity contribution < 1.29 is 32.2 Å². The number of hydrogen-bond acceptors (Lipinski definition) is 7. The van der Waals surface area contributed by atoms with Crippen molar-refractivity contribution in [1.82, 2.24) is 9.62 Å². The Hall–Kier alpha value is -2.43. The van der Waals surface area contributed by atoms with Gasteiger partial charge in [-0.25, -0.2) is 13.2 Å². The maximum Gasteiger partial charge on any atom is 0.331 e. The minimum atomic E-state index is -3.78. The standard InChI is InChI=1S/C22H30N2O7S/c1-16(22(26)23-18-5-3-4-6-18)31-21(25)10-8-17-7-9-19(29-2)20(15-17)32(27,28)24-11-13-30-14-12-24/h7-10,15-16,18H,3-6,11-14H2,1-2H3,(H,23,26)/b10-8+. The fourth-order valence-electron chi connectivity index (χ4n) is 3.74. The minimum Gasteiger partial charge on any atom is -0.495 e. The van der Waals surface area contributed by atoms with E-state index in [1.165, 1.54) is 42.6 Å². The van der Waals surface area contributed by atoms with Crippen LogP contribution in [0.2, 0.25) is 0 Å². The number of benzene rings is 1. The highest BCUT2D eigenvalue weighted by molar-refractivity contribution is 7.89. The van der Waals surface area contributed by atoms with E-state index in [1.54, 1.807) is 6.07 Å². The molecule has 9 nitrogen and oxygen atoms in total. The summed E-state index contributed by atoms with van der Waals surface area (Å²) < 4.78 is 43.1. The molecule has 1 saturated carbocycles. The molecule has 0 radical (unpaired) electrons. The van der Waals surface area contributed by atoms with Gasteiger partial charge in [-0.1, -0.05) is 18.9 Å². The van der Waals surface area contributed by atoms with Gasteiger partial charge in [0.15, 0.2) is 6.10 Å². The molecule has 10 heteroatoms. The molecule has 176 valence electrons. The zero-order chi connectivity index (χ0) is 23.1. The van der Waals surface area contributed by atoms with Crippen molar-refractivity contribution in [2.45, 2.75) is 49.6 Å². The number of morpholine rings is 1. The van der Waals surface area contributed by atoms with Crippen molar-refractivity contribution in [3.05, 3.63) is 29.8 Å². The molecule has 3 rings (SSSR count). The van der Waals surface area contributed by atoms with Crippen LogP contribution in [0.3, 0.4) is 0 Å². The molecule has 1 heterocycles. The second-order valence-corrected chi connectivity index (χ2v) is 9.74. The Morgan fingerprint density at radius 2 is 1.91 bits per heavy atom. The minimum absolute atomic E-state index is 0.0155. The van der Waals surface area contributed by atoms with Gasteiger partial charge in [-0.15, -0.1) is 0 Å². The molecule has 1 unspecified atom stereocenters. The van der Waals surface area contributed by atoms with Crippen molar-refractivity contribution in [2.24, 2.45) is 0 Å². The van der Waals surface area contributed by atoms with E-state index in [-0.39, 0.29) is 35.7 Å². The molecule has 1 aliphatic heterocycles. The smallest absolute Gasteiger partial charge is 0.331 e. The van der Waals surface area contributed by atoms with E-state index in [2.05, 4.69) is 5.32 Å². The molecule has 0 aromatic heterocycles. The van der Waals surface area contributed by atoms with Gasteiger partial charge in [0.1, 0.15) is 10.6 Å². The predicted molar refractivity (Wildman–Crippen MR) is 118 cm³/mol. The number of nitrogens with one attached hydrogen (secondary N) is 1. The first-order valence-electron chi connectivity index (χ1n) is 10.8. The third-order valence-electron chi connectivity index (χ3n) is 5.55. The van der Waals surface area contributed by atoms with Gasteiger partial charge in [0, 0.05) is 25.2 Å². The first kappa shape index (κ1) is 24.2. The summed E-state index contributed by atoms with van der Waals surface area (Å²) in [4.78, 5) is 24.4. The zero-order valence-corrected chi connectivity index (χ0v) is 19.2. The van der Waals surface area contributed by atoms with Gasteiger partial charge in [0.05, 0.1) is 20.3 Å². The number of rotatable bonds is 8. The second-order valence-electron chi connectivity index (χ2n) is 7.83. The average molecular weight is 467 g/mol. The van der Waals surface area contributed by atoms with Crippen molar-refractivity contribution in [3.8, 4) is 5.75 Å². The monoisotopic (exact) mass is 466 g/mol. The number of sulfonamides is 1. The molecular weight excluding hydrogens is 436 g/mol. The summed E-state index contributed by atoms with van der Waals surface area (Å²) >= 11 is 0. The van der Waals surface area contributed by atoms with Gasteiger partial charge in [-0.2, -0.15) is 4.31 Å². The lowest BCUT2D eigenvalue weighted by atomic mass is 10.2. The van der Waals surface area contributed by atoms with Crippen LogP contribution < -0.4 is 10.1 Å². The molecule has 1 amide bonds. The average Bonchev–Trinajstić information content (AvgIpc) is 3.31. The van der Waals surface area contributed by atoms with Crippen LogP contribution in [0, 0.1) is 0 Å². The number of hydrogen-bond donors (Lipinski definition) is 1. The van der Waals surface area contributed by atoms with Gasteiger partial charge in [-0.05, 0) is 43.5 Å². The lowest BCUT2D eigenvalue weighted by Crippen LogP contribution is -2.40. The van der Waals surface area contributed by atoms with E-state index >= 15 is 0 Å². The first-order chi connectivity index (χ1) is 15.3. The fourth-order valence-corrected chi connectivity index (χ4v) is 5.34. The Kier molecular flexibility index (Phi) is 8.27. The Morgan fingerprint density at radius 3 is 2.56 bits per heavy atom. The molecule has 2 aliphatic rings. The second kappa shape index (κ2) is 10.9. The summed E-state index contributed by atoms with van der Waals surface area (Å²) in [5.41, 5.74) is 0.484.